The molecule has 2 aliphatic rings. The van der Waals surface area contributed by atoms with Crippen LogP contribution in [0.5, 0.6) is 0 Å². The van der Waals surface area contributed by atoms with Crippen LogP contribution in [0.15, 0.2) is 17.1 Å². The van der Waals surface area contributed by atoms with Crippen LogP contribution in [0.25, 0.3) is 10.9 Å². The highest BCUT2D eigenvalue weighted by Gasteiger charge is 2.38. The summed E-state index contributed by atoms with van der Waals surface area (Å²) in [5, 5.41) is 2.49. The van der Waals surface area contributed by atoms with E-state index < -0.39 is 46.9 Å². The molecule has 0 radical (unpaired) electrons. The fourth-order valence-corrected chi connectivity index (χ4v) is 4.51. The van der Waals surface area contributed by atoms with Gasteiger partial charge in [-0.05, 0) is 46.6 Å². The molecule has 11 heteroatoms. The second-order valence-electron chi connectivity index (χ2n) is 10.1. The lowest BCUT2D eigenvalue weighted by Gasteiger charge is -2.24. The molecule has 1 N–H and O–H groups in total. The molecule has 196 valence electrons. The number of carbonyl (C=O) groups is 2. The Morgan fingerprint density at radius 2 is 1.89 bits per heavy atom. The minimum Gasteiger partial charge on any atom is -0.462 e. The van der Waals surface area contributed by atoms with Crippen molar-refractivity contribution in [3.63, 3.8) is 0 Å². The molecule has 2 aromatic rings. The number of methoxy groups -OCH3 is 1. The highest BCUT2D eigenvalue weighted by Crippen LogP contribution is 2.40. The van der Waals surface area contributed by atoms with Crippen molar-refractivity contribution in [2.24, 2.45) is 0 Å². The third-order valence-electron chi connectivity index (χ3n) is 6.21. The smallest absolute Gasteiger partial charge is 0.408 e. The van der Waals surface area contributed by atoms with E-state index >= 15 is 8.78 Å². The van der Waals surface area contributed by atoms with E-state index in [-0.39, 0.29) is 47.9 Å². The minimum atomic E-state index is -0.951. The summed E-state index contributed by atoms with van der Waals surface area (Å²) in [5.74, 6) is -2.69. The fourth-order valence-electron chi connectivity index (χ4n) is 4.51. The number of ether oxygens (including phenoxy) is 3. The molecule has 2 atom stereocenters. The maximum Gasteiger partial charge on any atom is 0.408 e. The van der Waals surface area contributed by atoms with E-state index in [1.165, 1.54) is 22.8 Å². The lowest BCUT2D eigenvalue weighted by atomic mass is 10.1. The highest BCUT2D eigenvalue weighted by atomic mass is 19.1. The molecule has 2 heterocycles. The Labute approximate surface area is 207 Å². The van der Waals surface area contributed by atoms with Gasteiger partial charge in [0.05, 0.1) is 29.7 Å². The number of hydrogen-bond donors (Lipinski definition) is 1. The first-order valence-electron chi connectivity index (χ1n) is 12.0. The first kappa shape index (κ1) is 25.9. The molecule has 1 aromatic carbocycles. The molecule has 0 unspecified atom stereocenters. The molecule has 1 aromatic heterocycles. The number of nitrogens with one attached hydrogen (secondary N) is 1. The van der Waals surface area contributed by atoms with Gasteiger partial charge in [-0.2, -0.15) is 0 Å². The van der Waals surface area contributed by atoms with Gasteiger partial charge in [0.2, 0.25) is 5.43 Å². The lowest BCUT2D eigenvalue weighted by molar-refractivity contribution is 0.0416. The third kappa shape index (κ3) is 5.02. The van der Waals surface area contributed by atoms with Crippen molar-refractivity contribution in [2.75, 3.05) is 31.7 Å². The molecule has 36 heavy (non-hydrogen) atoms. The van der Waals surface area contributed by atoms with E-state index in [1.54, 1.807) is 27.7 Å². The monoisotopic (exact) mass is 507 g/mol. The van der Waals surface area contributed by atoms with Crippen molar-refractivity contribution in [2.45, 2.75) is 64.3 Å². The number of fused-ring (bicyclic) bond motifs is 1. The summed E-state index contributed by atoms with van der Waals surface area (Å²) in [5.41, 5.74) is -2.15. The van der Waals surface area contributed by atoms with Crippen LogP contribution in [0.1, 0.15) is 56.9 Å². The fraction of sp³-hybridized carbons (Fsp3) is 0.560. The average Bonchev–Trinajstić information content (AvgIpc) is 3.54. The van der Waals surface area contributed by atoms with Crippen molar-refractivity contribution in [1.29, 1.82) is 0 Å². The standard InChI is InChI=1S/C25H31F2N3O6/c1-6-35-23(32)15-10-30(13-7-8-13)20-14(22(15)31)9-16(26)21(19(20)27)29-11-17(18(12-29)34-5)28-24(33)36-25(2,3)4/h9-10,13,17-18H,6-8,11-12H2,1-5H3,(H,28,33)/t17-,18+/m1/s1. The van der Waals surface area contributed by atoms with Crippen LogP contribution in [-0.2, 0) is 14.2 Å². The van der Waals surface area contributed by atoms with E-state index in [0.29, 0.717) is 0 Å². The molecule has 4 rings (SSSR count). The molecule has 1 saturated heterocycles. The molecule has 1 amide bonds. The number of benzene rings is 1. The van der Waals surface area contributed by atoms with Crippen LogP contribution in [0.2, 0.25) is 0 Å². The van der Waals surface area contributed by atoms with Gasteiger partial charge >= 0.3 is 12.1 Å². The summed E-state index contributed by atoms with van der Waals surface area (Å²) in [4.78, 5) is 39.1. The van der Waals surface area contributed by atoms with Crippen molar-refractivity contribution < 1.29 is 32.6 Å². The summed E-state index contributed by atoms with van der Waals surface area (Å²) in [7, 11) is 1.45. The molecule has 1 aliphatic carbocycles. The largest absolute Gasteiger partial charge is 0.462 e. The number of halogens is 2. The van der Waals surface area contributed by atoms with E-state index in [9.17, 15) is 14.4 Å². The Kier molecular flexibility index (Phi) is 6.96. The Morgan fingerprint density at radius 1 is 1.19 bits per heavy atom. The molecule has 1 saturated carbocycles. The Balaban J connectivity index is 1.74. The molecule has 9 nitrogen and oxygen atoms in total. The van der Waals surface area contributed by atoms with Gasteiger partial charge in [-0.3, -0.25) is 4.79 Å². The van der Waals surface area contributed by atoms with Crippen LogP contribution in [0, 0.1) is 11.6 Å². The molecule has 2 fully saturated rings. The first-order valence-corrected chi connectivity index (χ1v) is 12.0. The second-order valence-corrected chi connectivity index (χ2v) is 10.1. The molecular weight excluding hydrogens is 476 g/mol. The van der Waals surface area contributed by atoms with Crippen molar-refractivity contribution in [3.8, 4) is 0 Å². The van der Waals surface area contributed by atoms with E-state index in [1.807, 2.05) is 0 Å². The lowest BCUT2D eigenvalue weighted by Crippen LogP contribution is -2.45. The predicted octanol–water partition coefficient (Wildman–Crippen LogP) is 3.52. The molecule has 0 spiro atoms. The number of hydrogen-bond acceptors (Lipinski definition) is 7. The number of rotatable bonds is 6. The average molecular weight is 508 g/mol. The van der Waals surface area contributed by atoms with Crippen molar-refractivity contribution >= 4 is 28.7 Å². The number of esters is 1. The van der Waals surface area contributed by atoms with Gasteiger partial charge in [-0.1, -0.05) is 0 Å². The third-order valence-corrected chi connectivity index (χ3v) is 6.21. The van der Waals surface area contributed by atoms with Gasteiger partial charge in [0, 0.05) is 32.4 Å². The van der Waals surface area contributed by atoms with Gasteiger partial charge in [-0.15, -0.1) is 0 Å². The van der Waals surface area contributed by atoms with E-state index in [4.69, 9.17) is 14.2 Å². The van der Waals surface area contributed by atoms with E-state index in [0.717, 1.165) is 18.9 Å². The zero-order chi connectivity index (χ0) is 26.4. The van der Waals surface area contributed by atoms with Gasteiger partial charge < -0.3 is 29.0 Å². The number of pyridine rings is 1. The van der Waals surface area contributed by atoms with Crippen molar-refractivity contribution in [1.82, 2.24) is 9.88 Å². The molecule has 0 bridgehead atoms. The first-order chi connectivity index (χ1) is 16.9. The predicted molar refractivity (Wildman–Crippen MR) is 129 cm³/mol. The number of amides is 1. The van der Waals surface area contributed by atoms with E-state index in [2.05, 4.69) is 5.32 Å². The van der Waals surface area contributed by atoms with Crippen LogP contribution in [0.4, 0.5) is 19.3 Å². The van der Waals surface area contributed by atoms with Crippen LogP contribution < -0.4 is 15.6 Å². The second kappa shape index (κ2) is 9.68. The Morgan fingerprint density at radius 3 is 2.47 bits per heavy atom. The number of nitrogens with zero attached hydrogens (tertiary/aromatic N) is 2. The topological polar surface area (TPSA) is 99.1 Å². The Bertz CT molecular complexity index is 1250. The summed E-state index contributed by atoms with van der Waals surface area (Å²) in [6, 6.07) is 0.269. The van der Waals surface area contributed by atoms with Crippen LogP contribution >= 0.6 is 0 Å². The van der Waals surface area contributed by atoms with Gasteiger partial charge in [0.25, 0.3) is 0 Å². The summed E-state index contributed by atoms with van der Waals surface area (Å²) < 4.78 is 48.7. The summed E-state index contributed by atoms with van der Waals surface area (Å²) in [6.07, 6.45) is 1.57. The van der Waals surface area contributed by atoms with Crippen LogP contribution in [0.3, 0.4) is 0 Å². The minimum absolute atomic E-state index is 0.0612. The molecule has 1 aliphatic heterocycles. The normalized spacial score (nSPS) is 20.0. The maximum absolute atomic E-state index is 16.0. The summed E-state index contributed by atoms with van der Waals surface area (Å²) in [6.45, 7) is 7.03. The SMILES string of the molecule is CCOC(=O)c1cn(C2CC2)c2c(F)c(N3C[C@H](OC)[C@H](NC(=O)OC(C)(C)C)C3)c(F)cc2c1=O. The number of carbonyl (C=O) groups excluding carboxylic acids is 2. The van der Waals surface area contributed by atoms with Gasteiger partial charge in [0.15, 0.2) is 5.82 Å². The highest BCUT2D eigenvalue weighted by molar-refractivity contribution is 5.95. The number of aromatic nitrogens is 1. The number of anilines is 1. The number of alkyl carbamates (subject to hydrolysis) is 1. The summed E-state index contributed by atoms with van der Waals surface area (Å²) >= 11 is 0. The van der Waals surface area contributed by atoms with Gasteiger partial charge in [0.1, 0.15) is 22.7 Å². The Hall–Kier alpha value is -3.21. The zero-order valence-electron chi connectivity index (χ0n) is 21.0. The van der Waals surface area contributed by atoms with Crippen molar-refractivity contribution in [3.05, 3.63) is 39.7 Å². The zero-order valence-corrected chi connectivity index (χ0v) is 21.0. The van der Waals surface area contributed by atoms with Gasteiger partial charge in [-0.25, -0.2) is 18.4 Å². The quantitative estimate of drug-likeness (QED) is 0.598. The molecular formula is C25H31F2N3O6. The maximum atomic E-state index is 16.0. The van der Waals surface area contributed by atoms with Crippen LogP contribution in [-0.4, -0.2) is 61.2 Å².